The van der Waals surface area contributed by atoms with Gasteiger partial charge in [-0.3, -0.25) is 14.9 Å². The molecule has 1 amide bonds. The van der Waals surface area contributed by atoms with Crippen molar-refractivity contribution in [2.45, 2.75) is 51.0 Å². The van der Waals surface area contributed by atoms with E-state index < -0.39 is 22.3 Å². The number of rotatable bonds is 11. The van der Waals surface area contributed by atoms with Gasteiger partial charge in [0.15, 0.2) is 0 Å². The average Bonchev–Trinajstić information content (AvgIpc) is 3.20. The van der Waals surface area contributed by atoms with Gasteiger partial charge in [-0.25, -0.2) is 0 Å². The minimum absolute atomic E-state index is 0.172. The van der Waals surface area contributed by atoms with Gasteiger partial charge < -0.3 is 25.2 Å². The molecule has 9 nitrogen and oxygen atoms in total. The number of nitrogens with two attached hydrogens (primary N) is 1. The number of likely N-dealkylation sites (tertiary alicyclic amines) is 1. The van der Waals surface area contributed by atoms with Crippen LogP contribution in [-0.2, 0) is 11.2 Å². The summed E-state index contributed by atoms with van der Waals surface area (Å²) in [7, 11) is 1.41. The summed E-state index contributed by atoms with van der Waals surface area (Å²) in [5.41, 5.74) is 4.86. The van der Waals surface area contributed by atoms with Crippen molar-refractivity contribution in [3.63, 3.8) is 0 Å². The number of amides is 1. The first-order valence-corrected chi connectivity index (χ1v) is 11.3. The first-order valence-electron chi connectivity index (χ1n) is 10.2. The van der Waals surface area contributed by atoms with E-state index in [0.29, 0.717) is 32.5 Å². The second-order valence-electron chi connectivity index (χ2n) is 6.94. The molecule has 1 aromatic carbocycles. The smallest absolute Gasteiger partial charge is 0.323 e. The molecule has 3 N–H and O–H groups in total. The van der Waals surface area contributed by atoms with Gasteiger partial charge in [-0.2, -0.15) is 0 Å². The molecule has 1 aromatic rings. The molecule has 0 radical (unpaired) electrons. The van der Waals surface area contributed by atoms with E-state index >= 15 is 0 Å². The highest BCUT2D eigenvalue weighted by atomic mass is 32.2. The second-order valence-corrected chi connectivity index (χ2v) is 8.31. The lowest BCUT2D eigenvalue weighted by Gasteiger charge is -2.31. The maximum Gasteiger partial charge on any atom is 0.323 e. The number of nitro benzene ring substituents is 1. The number of phenolic OH excluding ortho intramolecular Hbond substituents is 1. The molecular formula is C20H31N3O6S. The minimum atomic E-state index is -0.708. The van der Waals surface area contributed by atoms with Crippen molar-refractivity contribution in [1.82, 2.24) is 4.90 Å². The zero-order chi connectivity index (χ0) is 22.3. The van der Waals surface area contributed by atoms with Crippen LogP contribution in [0.3, 0.4) is 0 Å². The molecular weight excluding hydrogens is 410 g/mol. The highest BCUT2D eigenvalue weighted by molar-refractivity contribution is 7.99. The number of phenols is 1. The molecule has 1 saturated heterocycles. The van der Waals surface area contributed by atoms with Crippen LogP contribution in [-0.4, -0.2) is 64.9 Å². The van der Waals surface area contributed by atoms with Crippen LogP contribution in [0.1, 0.15) is 49.0 Å². The quantitative estimate of drug-likeness (QED) is 0.305. The number of benzene rings is 1. The molecule has 1 aliphatic rings. The molecule has 168 valence electrons. The first-order chi connectivity index (χ1) is 14.4. The lowest BCUT2D eigenvalue weighted by atomic mass is 10.0. The van der Waals surface area contributed by atoms with Gasteiger partial charge in [0.2, 0.25) is 5.75 Å². The predicted molar refractivity (Wildman–Crippen MR) is 116 cm³/mol. The number of carbonyl (C=O) groups is 1. The van der Waals surface area contributed by atoms with Gasteiger partial charge in [0, 0.05) is 24.8 Å². The lowest BCUT2D eigenvalue weighted by molar-refractivity contribution is -0.386. The number of hydrogen-bond donors (Lipinski definition) is 2. The van der Waals surface area contributed by atoms with Crippen molar-refractivity contribution in [3.8, 4) is 11.5 Å². The van der Waals surface area contributed by atoms with Crippen LogP contribution < -0.4 is 10.5 Å². The number of hydrogen-bond acceptors (Lipinski definition) is 8. The molecule has 0 bridgehead atoms. The maximum absolute atomic E-state index is 13.4. The minimum Gasteiger partial charge on any atom is -0.502 e. The molecule has 2 rings (SSSR count). The number of methoxy groups -OCH3 is 1. The van der Waals surface area contributed by atoms with E-state index in [1.807, 2.05) is 13.8 Å². The predicted octanol–water partition coefficient (Wildman–Crippen LogP) is 2.92. The van der Waals surface area contributed by atoms with E-state index in [1.165, 1.54) is 13.2 Å². The van der Waals surface area contributed by atoms with Gasteiger partial charge in [0.1, 0.15) is 16.7 Å². The molecule has 1 aliphatic heterocycles. The van der Waals surface area contributed by atoms with E-state index in [0.717, 1.165) is 18.6 Å². The van der Waals surface area contributed by atoms with Crippen molar-refractivity contribution in [2.24, 2.45) is 5.73 Å². The van der Waals surface area contributed by atoms with Gasteiger partial charge in [-0.1, -0.05) is 6.92 Å². The first kappa shape index (κ1) is 24.2. The summed E-state index contributed by atoms with van der Waals surface area (Å²) < 4.78 is 11.2. The van der Waals surface area contributed by atoms with E-state index in [4.69, 9.17) is 15.2 Å². The Kier molecular flexibility index (Phi) is 9.19. The van der Waals surface area contributed by atoms with Gasteiger partial charge in [0.25, 0.3) is 5.91 Å². The molecule has 1 heterocycles. The Balaban J connectivity index is 2.49. The molecule has 2 atom stereocenters. The molecule has 0 aromatic heterocycles. The fourth-order valence-corrected chi connectivity index (χ4v) is 4.87. The van der Waals surface area contributed by atoms with Crippen LogP contribution >= 0.6 is 11.8 Å². The van der Waals surface area contributed by atoms with E-state index in [1.54, 1.807) is 16.7 Å². The fourth-order valence-electron chi connectivity index (χ4n) is 3.81. The van der Waals surface area contributed by atoms with Gasteiger partial charge in [-0.05, 0) is 44.9 Å². The van der Waals surface area contributed by atoms with E-state index in [9.17, 15) is 20.0 Å². The van der Waals surface area contributed by atoms with Gasteiger partial charge >= 0.3 is 5.69 Å². The van der Waals surface area contributed by atoms with Crippen molar-refractivity contribution in [1.29, 1.82) is 0 Å². The van der Waals surface area contributed by atoms with Crippen molar-refractivity contribution < 1.29 is 24.3 Å². The van der Waals surface area contributed by atoms with Crippen molar-refractivity contribution in [3.05, 3.63) is 27.3 Å². The Bertz CT molecular complexity index is 755. The average molecular weight is 442 g/mol. The Morgan fingerprint density at radius 2 is 2.23 bits per heavy atom. The standard InChI is InChI=1S/C20H31N3O6S/c1-4-29-20(30-5-2)15-9-7-11-22(15)19(25)14-12-16(28-3)13(8-6-10-21)18(24)17(14)23(26)27/h12,15,20,24H,4-11,21H2,1-3H3/t15-,20?/m0/s1. The van der Waals surface area contributed by atoms with Crippen LogP contribution in [0, 0.1) is 10.1 Å². The molecule has 1 fully saturated rings. The van der Waals surface area contributed by atoms with Gasteiger partial charge in [-0.15, -0.1) is 11.8 Å². The highest BCUT2D eigenvalue weighted by Gasteiger charge is 2.39. The number of carbonyl (C=O) groups excluding carboxylic acids is 1. The summed E-state index contributed by atoms with van der Waals surface area (Å²) in [5.74, 6) is 0.0454. The lowest BCUT2D eigenvalue weighted by Crippen LogP contribution is -2.43. The summed E-state index contributed by atoms with van der Waals surface area (Å²) in [5, 5.41) is 22.4. The zero-order valence-electron chi connectivity index (χ0n) is 17.8. The summed E-state index contributed by atoms with van der Waals surface area (Å²) in [6.07, 6.45) is 2.38. The summed E-state index contributed by atoms with van der Waals surface area (Å²) in [4.78, 5) is 26.1. The van der Waals surface area contributed by atoms with Crippen LogP contribution in [0.15, 0.2) is 6.07 Å². The van der Waals surface area contributed by atoms with E-state index in [-0.39, 0.29) is 28.4 Å². The van der Waals surface area contributed by atoms with Crippen molar-refractivity contribution in [2.75, 3.05) is 32.6 Å². The number of nitro groups is 1. The Labute approximate surface area is 181 Å². The molecule has 30 heavy (non-hydrogen) atoms. The van der Waals surface area contributed by atoms with Crippen molar-refractivity contribution >= 4 is 23.4 Å². The van der Waals surface area contributed by atoms with Crippen LogP contribution in [0.2, 0.25) is 0 Å². The van der Waals surface area contributed by atoms with Crippen LogP contribution in [0.5, 0.6) is 11.5 Å². The summed E-state index contributed by atoms with van der Waals surface area (Å²) in [6, 6.07) is 1.18. The molecule has 0 spiro atoms. The number of thioether (sulfide) groups is 1. The normalized spacial score (nSPS) is 17.2. The van der Waals surface area contributed by atoms with E-state index in [2.05, 4.69) is 0 Å². The largest absolute Gasteiger partial charge is 0.502 e. The van der Waals surface area contributed by atoms with Gasteiger partial charge in [0.05, 0.1) is 18.1 Å². The SMILES string of the molecule is CCOC(SCC)[C@@H]1CCCN1C(=O)c1cc(OC)c(CCCN)c(O)c1[N+](=O)[O-]. The number of ether oxygens (including phenoxy) is 2. The maximum atomic E-state index is 13.4. The molecule has 10 heteroatoms. The molecule has 0 saturated carbocycles. The Morgan fingerprint density at radius 1 is 1.50 bits per heavy atom. The van der Waals surface area contributed by atoms with Crippen LogP contribution in [0.4, 0.5) is 5.69 Å². The summed E-state index contributed by atoms with van der Waals surface area (Å²) >= 11 is 1.61. The summed E-state index contributed by atoms with van der Waals surface area (Å²) in [6.45, 7) is 5.28. The third kappa shape index (κ3) is 5.16. The Hall–Kier alpha value is -2.04. The topological polar surface area (TPSA) is 128 Å². The third-order valence-electron chi connectivity index (χ3n) is 5.14. The highest BCUT2D eigenvalue weighted by Crippen LogP contribution is 2.42. The third-order valence-corrected chi connectivity index (χ3v) is 6.25. The monoisotopic (exact) mass is 441 g/mol. The molecule has 0 aliphatic carbocycles. The number of nitrogens with zero attached hydrogens (tertiary/aromatic N) is 2. The molecule has 1 unspecified atom stereocenters. The fraction of sp³-hybridized carbons (Fsp3) is 0.650. The van der Waals surface area contributed by atoms with Crippen LogP contribution in [0.25, 0.3) is 0 Å². The Morgan fingerprint density at radius 3 is 2.80 bits per heavy atom. The number of aromatic hydroxyl groups is 1. The second kappa shape index (κ2) is 11.4. The zero-order valence-corrected chi connectivity index (χ0v) is 18.6.